The number of rotatable bonds is 12. The first-order valence-corrected chi connectivity index (χ1v) is 12.6. The maximum atomic E-state index is 12.5. The molecule has 0 saturated carbocycles. The summed E-state index contributed by atoms with van der Waals surface area (Å²) >= 11 is 0. The summed E-state index contributed by atoms with van der Waals surface area (Å²) in [6.07, 6.45) is 5.41. The average Bonchev–Trinajstić information content (AvgIpc) is 2.84. The second kappa shape index (κ2) is 13.4. The van der Waals surface area contributed by atoms with Crippen molar-refractivity contribution in [2.45, 2.75) is 40.5 Å². The summed E-state index contributed by atoms with van der Waals surface area (Å²) < 4.78 is 0. The fourth-order valence-corrected chi connectivity index (χ4v) is 3.97. The highest BCUT2D eigenvalue weighted by molar-refractivity contribution is 5.99. The first-order valence-electron chi connectivity index (χ1n) is 12.6. The molecule has 0 aliphatic rings. The Hall–Kier alpha value is -3.66. The molecule has 0 aromatic heterocycles. The Morgan fingerprint density at radius 1 is 0.639 bits per heavy atom. The van der Waals surface area contributed by atoms with E-state index in [0.29, 0.717) is 23.0 Å². The van der Waals surface area contributed by atoms with Crippen LogP contribution in [-0.4, -0.2) is 37.1 Å². The van der Waals surface area contributed by atoms with E-state index in [1.807, 2.05) is 72.8 Å². The van der Waals surface area contributed by atoms with Gasteiger partial charge in [-0.15, -0.1) is 0 Å². The number of ketones is 2. The third-order valence-corrected chi connectivity index (χ3v) is 5.70. The molecule has 186 valence electrons. The van der Waals surface area contributed by atoms with Gasteiger partial charge in [-0.05, 0) is 53.0 Å². The van der Waals surface area contributed by atoms with Crippen molar-refractivity contribution in [1.82, 2.24) is 0 Å². The topological polar surface area (TPSA) is 58.9 Å². The fraction of sp³-hybridized carbons (Fsp3) is 0.312. The minimum absolute atomic E-state index is 0.00388. The molecule has 0 spiro atoms. The Morgan fingerprint density at radius 3 is 1.39 bits per heavy atom. The third kappa shape index (κ3) is 8.84. The molecule has 36 heavy (non-hydrogen) atoms. The first-order chi connectivity index (χ1) is 17.3. The second-order valence-corrected chi connectivity index (χ2v) is 10.0. The second-order valence-electron chi connectivity index (χ2n) is 10.0. The molecular weight excluding hydrogens is 444 g/mol. The summed E-state index contributed by atoms with van der Waals surface area (Å²) in [7, 11) is 0. The van der Waals surface area contributed by atoms with Crippen molar-refractivity contribution < 1.29 is 9.59 Å². The summed E-state index contributed by atoms with van der Waals surface area (Å²) in [6.45, 7) is 8.94. The van der Waals surface area contributed by atoms with Gasteiger partial charge in [-0.25, -0.2) is 0 Å². The van der Waals surface area contributed by atoms with Crippen LogP contribution in [0.15, 0.2) is 82.8 Å². The van der Waals surface area contributed by atoms with E-state index < -0.39 is 0 Å². The number of hydrogen-bond donors (Lipinski definition) is 0. The van der Waals surface area contributed by atoms with Gasteiger partial charge in [0.1, 0.15) is 13.1 Å². The molecule has 0 atom stereocenters. The van der Waals surface area contributed by atoms with E-state index in [4.69, 9.17) is 0 Å². The van der Waals surface area contributed by atoms with Crippen LogP contribution in [0.4, 0.5) is 0 Å². The lowest BCUT2D eigenvalue weighted by atomic mass is 10.0. The van der Waals surface area contributed by atoms with Crippen molar-refractivity contribution in [3.8, 4) is 0 Å². The van der Waals surface area contributed by atoms with Gasteiger partial charge in [0, 0.05) is 23.6 Å². The van der Waals surface area contributed by atoms with Crippen molar-refractivity contribution in [3.63, 3.8) is 0 Å². The summed E-state index contributed by atoms with van der Waals surface area (Å²) in [5.74, 6) is 1.17. The lowest BCUT2D eigenvalue weighted by Crippen LogP contribution is -2.04. The number of carbonyl (C=O) groups is 2. The van der Waals surface area contributed by atoms with Gasteiger partial charge in [-0.2, -0.15) is 0 Å². The smallest absolute Gasteiger partial charge is 0.184 e. The Bertz CT molecular complexity index is 1110. The number of nitrogens with zero attached hydrogens (tertiary/aromatic N) is 2. The van der Waals surface area contributed by atoms with E-state index in [9.17, 15) is 9.59 Å². The lowest BCUT2D eigenvalue weighted by Gasteiger charge is -2.05. The molecule has 0 amide bonds. The number of Topliss-reactive ketones (excluding diaryl/α,β-unsaturated/α-hetero) is 2. The molecule has 0 N–H and O–H groups in total. The molecule has 0 aliphatic carbocycles. The van der Waals surface area contributed by atoms with E-state index >= 15 is 0 Å². The molecule has 4 heteroatoms. The highest BCUT2D eigenvalue weighted by atomic mass is 16.1. The summed E-state index contributed by atoms with van der Waals surface area (Å²) in [6, 6.07) is 23.3. The van der Waals surface area contributed by atoms with E-state index in [1.54, 1.807) is 12.4 Å². The zero-order valence-electron chi connectivity index (χ0n) is 21.8. The molecule has 3 rings (SSSR count). The monoisotopic (exact) mass is 480 g/mol. The molecule has 0 bridgehead atoms. The SMILES string of the molecule is CC(C)Cc1ccc(C(=O)CN=Cc2cccc(C=NCC(=O)c3ccc(CC(C)C)cc3)c2)cc1. The van der Waals surface area contributed by atoms with E-state index in [-0.39, 0.29) is 24.7 Å². The summed E-state index contributed by atoms with van der Waals surface area (Å²) in [5, 5.41) is 0. The van der Waals surface area contributed by atoms with Gasteiger partial charge < -0.3 is 0 Å². The van der Waals surface area contributed by atoms with Crippen molar-refractivity contribution in [2.24, 2.45) is 21.8 Å². The van der Waals surface area contributed by atoms with Gasteiger partial charge in [-0.3, -0.25) is 19.6 Å². The Balaban J connectivity index is 1.51. The van der Waals surface area contributed by atoms with Crippen molar-refractivity contribution >= 4 is 24.0 Å². The normalized spacial score (nSPS) is 11.7. The first kappa shape index (κ1) is 26.9. The zero-order chi connectivity index (χ0) is 25.9. The van der Waals surface area contributed by atoms with Crippen LogP contribution in [0.3, 0.4) is 0 Å². The zero-order valence-corrected chi connectivity index (χ0v) is 21.8. The maximum absolute atomic E-state index is 12.5. The molecule has 0 aliphatic heterocycles. The minimum atomic E-state index is -0.00388. The number of carbonyl (C=O) groups excluding carboxylic acids is 2. The number of hydrogen-bond acceptors (Lipinski definition) is 4. The highest BCUT2D eigenvalue weighted by Gasteiger charge is 2.06. The van der Waals surface area contributed by atoms with Crippen LogP contribution in [0.1, 0.15) is 70.7 Å². The van der Waals surface area contributed by atoms with Gasteiger partial charge in [0.25, 0.3) is 0 Å². The molecule has 0 fully saturated rings. The van der Waals surface area contributed by atoms with Crippen LogP contribution in [0.2, 0.25) is 0 Å². The van der Waals surface area contributed by atoms with Crippen LogP contribution < -0.4 is 0 Å². The van der Waals surface area contributed by atoms with Crippen LogP contribution in [0, 0.1) is 11.8 Å². The molecule has 3 aromatic carbocycles. The molecule has 3 aromatic rings. The van der Waals surface area contributed by atoms with Crippen LogP contribution in [0.5, 0.6) is 0 Å². The maximum Gasteiger partial charge on any atom is 0.184 e. The van der Waals surface area contributed by atoms with Gasteiger partial charge in [0.05, 0.1) is 0 Å². The minimum Gasteiger partial charge on any atom is -0.292 e. The van der Waals surface area contributed by atoms with Gasteiger partial charge in [-0.1, -0.05) is 94.4 Å². The van der Waals surface area contributed by atoms with Crippen LogP contribution in [-0.2, 0) is 12.8 Å². The molecule has 0 heterocycles. The van der Waals surface area contributed by atoms with E-state index in [0.717, 1.165) is 24.0 Å². The van der Waals surface area contributed by atoms with Gasteiger partial charge in [0.2, 0.25) is 0 Å². The van der Waals surface area contributed by atoms with Gasteiger partial charge >= 0.3 is 0 Å². The fourth-order valence-electron chi connectivity index (χ4n) is 3.97. The largest absolute Gasteiger partial charge is 0.292 e. The van der Waals surface area contributed by atoms with Gasteiger partial charge in [0.15, 0.2) is 11.6 Å². The van der Waals surface area contributed by atoms with E-state index in [2.05, 4.69) is 37.7 Å². The predicted molar refractivity (Wildman–Crippen MR) is 150 cm³/mol. The highest BCUT2D eigenvalue weighted by Crippen LogP contribution is 2.12. The molecule has 0 radical (unpaired) electrons. The third-order valence-electron chi connectivity index (χ3n) is 5.70. The average molecular weight is 481 g/mol. The molecule has 0 saturated heterocycles. The van der Waals surface area contributed by atoms with Crippen molar-refractivity contribution in [3.05, 3.63) is 106 Å². The van der Waals surface area contributed by atoms with E-state index in [1.165, 1.54) is 11.1 Å². The Morgan fingerprint density at radius 2 is 1.03 bits per heavy atom. The Labute approximate surface area is 215 Å². The van der Waals surface area contributed by atoms with Crippen LogP contribution >= 0.6 is 0 Å². The summed E-state index contributed by atoms with van der Waals surface area (Å²) in [5.41, 5.74) is 5.60. The standard InChI is InChI=1S/C32H36N2O2/c1-23(2)16-25-8-12-29(13-9-25)31(35)21-33-19-27-6-5-7-28(18-27)20-34-22-32(36)30-14-10-26(11-15-30)17-24(3)4/h5-15,18-20,23-24H,16-17,21-22H2,1-4H3. The Kier molecular flexibility index (Phi) is 10.1. The molecule has 0 unspecified atom stereocenters. The van der Waals surface area contributed by atoms with Crippen molar-refractivity contribution in [2.75, 3.05) is 13.1 Å². The van der Waals surface area contributed by atoms with Crippen LogP contribution in [0.25, 0.3) is 0 Å². The van der Waals surface area contributed by atoms with Crippen molar-refractivity contribution in [1.29, 1.82) is 0 Å². The predicted octanol–water partition coefficient (Wildman–Crippen LogP) is 6.69. The molecular formula is C32H36N2O2. The quantitative estimate of drug-likeness (QED) is 0.214. The molecule has 4 nitrogen and oxygen atoms in total. The summed E-state index contributed by atoms with van der Waals surface area (Å²) in [4.78, 5) is 33.6. The number of aliphatic imine (C=N–C) groups is 2. The lowest BCUT2D eigenvalue weighted by molar-refractivity contribution is 0.0994. The number of benzene rings is 3.